The molecule has 0 bridgehead atoms. The molecule has 3 rings (SSSR count). The van der Waals surface area contributed by atoms with Crippen molar-refractivity contribution in [1.82, 2.24) is 0 Å². The SMILES string of the molecule is CCOc1cc(/C=C(\C#N)C(=O)Nc2cc(C)cc(C)c2)c(Br)cc1OCc1ccccc1. The Morgan fingerprint density at radius 1 is 1.03 bits per heavy atom. The Labute approximate surface area is 202 Å². The topological polar surface area (TPSA) is 71.3 Å². The van der Waals surface area contributed by atoms with Crippen molar-refractivity contribution in [2.45, 2.75) is 27.4 Å². The summed E-state index contributed by atoms with van der Waals surface area (Å²) < 4.78 is 12.4. The summed E-state index contributed by atoms with van der Waals surface area (Å²) in [6.07, 6.45) is 1.53. The van der Waals surface area contributed by atoms with Gasteiger partial charge in [0.25, 0.3) is 5.91 Å². The highest BCUT2D eigenvalue weighted by molar-refractivity contribution is 9.10. The van der Waals surface area contributed by atoms with Crippen LogP contribution in [0.15, 0.2) is 70.7 Å². The molecule has 0 fully saturated rings. The predicted octanol–water partition coefficient (Wildman–Crippen LogP) is 6.59. The van der Waals surface area contributed by atoms with Gasteiger partial charge in [0, 0.05) is 10.2 Å². The fourth-order valence-corrected chi connectivity index (χ4v) is 3.76. The van der Waals surface area contributed by atoms with E-state index in [1.807, 2.05) is 75.4 Å². The van der Waals surface area contributed by atoms with Crippen LogP contribution in [-0.2, 0) is 11.4 Å². The van der Waals surface area contributed by atoms with E-state index in [1.165, 1.54) is 6.08 Å². The summed E-state index contributed by atoms with van der Waals surface area (Å²) in [5.41, 5.74) is 4.37. The highest BCUT2D eigenvalue weighted by atomic mass is 79.9. The van der Waals surface area contributed by atoms with Crippen molar-refractivity contribution in [3.63, 3.8) is 0 Å². The molecule has 0 radical (unpaired) electrons. The number of benzene rings is 3. The van der Waals surface area contributed by atoms with Crippen LogP contribution in [0, 0.1) is 25.2 Å². The summed E-state index contributed by atoms with van der Waals surface area (Å²) in [5, 5.41) is 12.4. The highest BCUT2D eigenvalue weighted by Crippen LogP contribution is 2.35. The fraction of sp³-hybridized carbons (Fsp3) is 0.185. The lowest BCUT2D eigenvalue weighted by Crippen LogP contribution is -2.13. The second-order valence-corrected chi connectivity index (χ2v) is 8.38. The molecule has 0 heterocycles. The van der Waals surface area contributed by atoms with E-state index in [-0.39, 0.29) is 5.57 Å². The number of carbonyl (C=O) groups excluding carboxylic acids is 1. The third-order valence-corrected chi connectivity index (χ3v) is 5.43. The maximum atomic E-state index is 12.7. The molecule has 0 saturated carbocycles. The Morgan fingerprint density at radius 2 is 1.70 bits per heavy atom. The summed E-state index contributed by atoms with van der Waals surface area (Å²) in [5.74, 6) is 0.634. The van der Waals surface area contributed by atoms with Crippen LogP contribution in [0.5, 0.6) is 11.5 Å². The molecule has 1 amide bonds. The zero-order valence-corrected chi connectivity index (χ0v) is 20.4. The summed E-state index contributed by atoms with van der Waals surface area (Å²) >= 11 is 3.53. The third-order valence-electron chi connectivity index (χ3n) is 4.74. The molecule has 0 aromatic heterocycles. The van der Waals surface area contributed by atoms with Gasteiger partial charge in [-0.15, -0.1) is 0 Å². The summed E-state index contributed by atoms with van der Waals surface area (Å²) in [6, 6.07) is 21.1. The van der Waals surface area contributed by atoms with Crippen LogP contribution in [0.2, 0.25) is 0 Å². The Hall–Kier alpha value is -3.56. The number of hydrogen-bond donors (Lipinski definition) is 1. The molecule has 0 saturated heterocycles. The molecule has 0 aliphatic carbocycles. The molecule has 3 aromatic rings. The molecule has 0 aliphatic rings. The molecule has 3 aromatic carbocycles. The first-order chi connectivity index (χ1) is 15.9. The summed E-state index contributed by atoms with van der Waals surface area (Å²) in [7, 11) is 0. The van der Waals surface area contributed by atoms with Gasteiger partial charge in [-0.3, -0.25) is 4.79 Å². The summed E-state index contributed by atoms with van der Waals surface area (Å²) in [4.78, 5) is 12.7. The molecule has 0 unspecified atom stereocenters. The van der Waals surface area contributed by atoms with Crippen LogP contribution in [0.1, 0.15) is 29.2 Å². The minimum atomic E-state index is -0.475. The molecular formula is C27H25BrN2O3. The fourth-order valence-electron chi connectivity index (χ4n) is 3.33. The molecule has 0 spiro atoms. The van der Waals surface area contributed by atoms with Gasteiger partial charge in [-0.2, -0.15) is 5.26 Å². The minimum Gasteiger partial charge on any atom is -0.490 e. The van der Waals surface area contributed by atoms with Crippen molar-refractivity contribution in [3.05, 3.63) is 93.0 Å². The first-order valence-corrected chi connectivity index (χ1v) is 11.3. The molecule has 1 N–H and O–H groups in total. The second-order valence-electron chi connectivity index (χ2n) is 7.53. The van der Waals surface area contributed by atoms with E-state index in [0.29, 0.717) is 40.4 Å². The molecule has 33 heavy (non-hydrogen) atoms. The Balaban J connectivity index is 1.86. The zero-order chi connectivity index (χ0) is 23.8. The Bertz CT molecular complexity index is 1190. The van der Waals surface area contributed by atoms with Crippen LogP contribution in [0.4, 0.5) is 5.69 Å². The molecule has 168 valence electrons. The van der Waals surface area contributed by atoms with Gasteiger partial charge in [0.15, 0.2) is 11.5 Å². The molecule has 5 nitrogen and oxygen atoms in total. The van der Waals surface area contributed by atoms with E-state index >= 15 is 0 Å². The van der Waals surface area contributed by atoms with Gasteiger partial charge >= 0.3 is 0 Å². The average molecular weight is 505 g/mol. The van der Waals surface area contributed by atoms with Gasteiger partial charge in [-0.25, -0.2) is 0 Å². The van der Waals surface area contributed by atoms with Gasteiger partial charge in [0.2, 0.25) is 0 Å². The first kappa shape index (κ1) is 24.1. The van der Waals surface area contributed by atoms with Crippen LogP contribution in [-0.4, -0.2) is 12.5 Å². The third kappa shape index (κ3) is 6.71. The number of anilines is 1. The average Bonchev–Trinajstić information content (AvgIpc) is 2.78. The number of amides is 1. The van der Waals surface area contributed by atoms with Gasteiger partial charge in [-0.1, -0.05) is 52.3 Å². The van der Waals surface area contributed by atoms with E-state index in [2.05, 4.69) is 21.2 Å². The molecular weight excluding hydrogens is 480 g/mol. The lowest BCUT2D eigenvalue weighted by atomic mass is 10.1. The van der Waals surface area contributed by atoms with E-state index in [4.69, 9.17) is 9.47 Å². The van der Waals surface area contributed by atoms with Crippen molar-refractivity contribution >= 4 is 33.6 Å². The number of nitriles is 1. The van der Waals surface area contributed by atoms with Crippen LogP contribution < -0.4 is 14.8 Å². The van der Waals surface area contributed by atoms with Gasteiger partial charge in [0.1, 0.15) is 18.2 Å². The van der Waals surface area contributed by atoms with E-state index in [1.54, 1.807) is 12.1 Å². The predicted molar refractivity (Wildman–Crippen MR) is 134 cm³/mol. The lowest BCUT2D eigenvalue weighted by Gasteiger charge is -2.14. The Kier molecular flexibility index (Phi) is 8.28. The van der Waals surface area contributed by atoms with Crippen molar-refractivity contribution < 1.29 is 14.3 Å². The number of nitrogens with one attached hydrogen (secondary N) is 1. The van der Waals surface area contributed by atoms with Crippen LogP contribution in [0.3, 0.4) is 0 Å². The minimum absolute atomic E-state index is 0.0183. The van der Waals surface area contributed by atoms with Gasteiger partial charge in [-0.05, 0) is 73.4 Å². The van der Waals surface area contributed by atoms with E-state index < -0.39 is 5.91 Å². The number of hydrogen-bond acceptors (Lipinski definition) is 4. The molecule has 6 heteroatoms. The highest BCUT2D eigenvalue weighted by Gasteiger charge is 2.14. The standard InChI is InChI=1S/C27H25BrN2O3/c1-4-32-25-14-21(24(28)15-26(25)33-17-20-8-6-5-7-9-20)13-22(16-29)27(31)30-23-11-18(2)10-19(3)12-23/h5-15H,4,17H2,1-3H3,(H,30,31)/b22-13+. The quantitative estimate of drug-likeness (QED) is 0.277. The van der Waals surface area contributed by atoms with E-state index in [0.717, 1.165) is 16.7 Å². The van der Waals surface area contributed by atoms with Gasteiger partial charge < -0.3 is 14.8 Å². The van der Waals surface area contributed by atoms with Crippen molar-refractivity contribution in [2.24, 2.45) is 0 Å². The number of halogens is 1. The monoisotopic (exact) mass is 504 g/mol. The van der Waals surface area contributed by atoms with E-state index in [9.17, 15) is 10.1 Å². The van der Waals surface area contributed by atoms with Crippen molar-refractivity contribution in [1.29, 1.82) is 5.26 Å². The number of rotatable bonds is 8. The number of nitrogens with zero attached hydrogens (tertiary/aromatic N) is 1. The van der Waals surface area contributed by atoms with Crippen molar-refractivity contribution in [2.75, 3.05) is 11.9 Å². The smallest absolute Gasteiger partial charge is 0.266 e. The maximum absolute atomic E-state index is 12.7. The normalized spacial score (nSPS) is 10.9. The number of carbonyl (C=O) groups is 1. The van der Waals surface area contributed by atoms with Crippen LogP contribution >= 0.6 is 15.9 Å². The lowest BCUT2D eigenvalue weighted by molar-refractivity contribution is -0.112. The first-order valence-electron chi connectivity index (χ1n) is 10.5. The largest absolute Gasteiger partial charge is 0.490 e. The number of aryl methyl sites for hydroxylation is 2. The molecule has 0 atom stereocenters. The van der Waals surface area contributed by atoms with Crippen LogP contribution in [0.25, 0.3) is 6.08 Å². The van der Waals surface area contributed by atoms with Crippen molar-refractivity contribution in [3.8, 4) is 17.6 Å². The Morgan fingerprint density at radius 3 is 2.33 bits per heavy atom. The molecule has 0 aliphatic heterocycles. The number of ether oxygens (including phenoxy) is 2. The second kappa shape index (κ2) is 11.3. The summed E-state index contributed by atoms with van der Waals surface area (Å²) in [6.45, 7) is 6.64. The zero-order valence-electron chi connectivity index (χ0n) is 18.8. The maximum Gasteiger partial charge on any atom is 0.266 e. The van der Waals surface area contributed by atoms with Gasteiger partial charge in [0.05, 0.1) is 6.61 Å².